The lowest BCUT2D eigenvalue weighted by atomic mass is 9.38. The summed E-state index contributed by atoms with van der Waals surface area (Å²) < 4.78 is 22.9. The van der Waals surface area contributed by atoms with Crippen LogP contribution in [0.2, 0.25) is 0 Å². The molecule has 0 aromatic heterocycles. The van der Waals surface area contributed by atoms with Gasteiger partial charge in [0.05, 0.1) is 6.10 Å². The third-order valence-corrected chi connectivity index (χ3v) is 15.1. The van der Waals surface area contributed by atoms with Crippen LogP contribution in [-0.4, -0.2) is 65.3 Å². The van der Waals surface area contributed by atoms with E-state index in [2.05, 4.69) is 40.7 Å². The standard InChI is InChI=1S/C41H60O10/c1-22-27-11-15-40(8)28-12-17-41(20-19-38(5,6)21-29(41)26(28)9-10-32(40)39(27,7)16-13-30(22)45)18-14-31-33(48-23(2)42)34(49-24(3)43)35(50-25(4)44)36(51-31)37(46)47/h9,22,27-29,31-36H,10-21H2,1-8H3,(H,46,47). The van der Waals surface area contributed by atoms with Gasteiger partial charge in [0, 0.05) is 33.1 Å². The zero-order valence-electron chi connectivity index (χ0n) is 32.0. The number of allylic oxidation sites excluding steroid dienone is 2. The molecule has 0 radical (unpaired) electrons. The summed E-state index contributed by atoms with van der Waals surface area (Å²) in [5.41, 5.74) is 2.07. The quantitative estimate of drug-likeness (QED) is 0.167. The van der Waals surface area contributed by atoms with Gasteiger partial charge in [-0.2, -0.15) is 0 Å². The van der Waals surface area contributed by atoms with Crippen LogP contribution >= 0.6 is 0 Å². The van der Waals surface area contributed by atoms with E-state index in [4.69, 9.17) is 18.9 Å². The number of carbonyl (C=O) groups is 5. The van der Waals surface area contributed by atoms with Gasteiger partial charge in [-0.1, -0.05) is 46.3 Å². The molecular weight excluding hydrogens is 652 g/mol. The summed E-state index contributed by atoms with van der Waals surface area (Å²) in [6, 6.07) is 0. The molecule has 5 aliphatic carbocycles. The zero-order chi connectivity index (χ0) is 37.3. The maximum atomic E-state index is 12.8. The Kier molecular flexibility index (Phi) is 10.1. The molecule has 51 heavy (non-hydrogen) atoms. The van der Waals surface area contributed by atoms with Gasteiger partial charge >= 0.3 is 23.9 Å². The summed E-state index contributed by atoms with van der Waals surface area (Å²) >= 11 is 0. The zero-order valence-corrected chi connectivity index (χ0v) is 32.0. The van der Waals surface area contributed by atoms with Crippen molar-refractivity contribution in [3.8, 4) is 0 Å². The van der Waals surface area contributed by atoms with E-state index in [9.17, 15) is 29.1 Å². The van der Waals surface area contributed by atoms with Crippen LogP contribution in [0.4, 0.5) is 0 Å². The molecule has 5 fully saturated rings. The van der Waals surface area contributed by atoms with Gasteiger partial charge in [-0.05, 0) is 116 Å². The minimum absolute atomic E-state index is 0.0412. The highest BCUT2D eigenvalue weighted by Crippen LogP contribution is 2.71. The Labute approximate surface area is 303 Å². The lowest BCUT2D eigenvalue weighted by Crippen LogP contribution is -2.63. The predicted molar refractivity (Wildman–Crippen MR) is 187 cm³/mol. The molecule has 0 aromatic rings. The van der Waals surface area contributed by atoms with Crippen LogP contribution in [0.25, 0.3) is 0 Å². The Morgan fingerprint density at radius 1 is 0.824 bits per heavy atom. The molecule has 13 unspecified atom stereocenters. The number of ether oxygens (including phenoxy) is 4. The van der Waals surface area contributed by atoms with Gasteiger partial charge in [-0.15, -0.1) is 0 Å². The van der Waals surface area contributed by atoms with E-state index in [1.807, 2.05) is 0 Å². The maximum absolute atomic E-state index is 12.8. The van der Waals surface area contributed by atoms with Gasteiger partial charge in [0.25, 0.3) is 0 Å². The summed E-state index contributed by atoms with van der Waals surface area (Å²) in [7, 11) is 0. The first-order valence-corrected chi connectivity index (χ1v) is 19.4. The summed E-state index contributed by atoms with van der Waals surface area (Å²) in [5.74, 6) is -1.03. The molecule has 10 nitrogen and oxygen atoms in total. The molecule has 1 saturated heterocycles. The number of carboxylic acid groups (broad SMARTS) is 1. The molecule has 1 heterocycles. The highest BCUT2D eigenvalue weighted by atomic mass is 16.7. The molecule has 1 N–H and O–H groups in total. The number of carbonyl (C=O) groups excluding carboxylic acids is 4. The van der Waals surface area contributed by atoms with Gasteiger partial charge in [0.15, 0.2) is 24.4 Å². The van der Waals surface area contributed by atoms with E-state index in [0.717, 1.165) is 71.1 Å². The Balaban J connectivity index is 1.31. The van der Waals surface area contributed by atoms with E-state index in [-0.39, 0.29) is 27.6 Å². The van der Waals surface area contributed by atoms with E-state index in [1.165, 1.54) is 13.8 Å². The monoisotopic (exact) mass is 712 g/mol. The molecule has 13 atom stereocenters. The van der Waals surface area contributed by atoms with Gasteiger partial charge in [0.2, 0.25) is 0 Å². The van der Waals surface area contributed by atoms with Crippen LogP contribution in [0, 0.1) is 51.2 Å². The predicted octanol–water partition coefficient (Wildman–Crippen LogP) is 7.00. The fraction of sp³-hybridized carbons (Fsp3) is 0.829. The minimum Gasteiger partial charge on any atom is -0.479 e. The Hall–Kier alpha value is -2.75. The molecule has 0 amide bonds. The lowest BCUT2D eigenvalue weighted by molar-refractivity contribution is -0.249. The Morgan fingerprint density at radius 2 is 1.47 bits per heavy atom. The van der Waals surface area contributed by atoms with Crippen LogP contribution in [0.15, 0.2) is 11.6 Å². The van der Waals surface area contributed by atoms with Crippen LogP contribution in [-0.2, 0) is 42.9 Å². The fourth-order valence-corrected chi connectivity index (χ4v) is 12.6. The largest absolute Gasteiger partial charge is 0.479 e. The third kappa shape index (κ3) is 6.69. The smallest absolute Gasteiger partial charge is 0.336 e. The van der Waals surface area contributed by atoms with E-state index >= 15 is 0 Å². The first-order chi connectivity index (χ1) is 23.8. The fourth-order valence-electron chi connectivity index (χ4n) is 12.6. The van der Waals surface area contributed by atoms with Crippen molar-refractivity contribution in [3.05, 3.63) is 11.6 Å². The molecule has 0 bridgehead atoms. The average Bonchev–Trinajstić information content (AvgIpc) is 3.03. The van der Waals surface area contributed by atoms with E-state index in [1.54, 1.807) is 5.57 Å². The topological polar surface area (TPSA) is 143 Å². The Bertz CT molecular complexity index is 1470. The number of aliphatic carboxylic acids is 1. The van der Waals surface area contributed by atoms with Crippen molar-refractivity contribution >= 4 is 29.7 Å². The number of hydrogen-bond acceptors (Lipinski definition) is 9. The number of fused-ring (bicyclic) bond motifs is 7. The van der Waals surface area contributed by atoms with Gasteiger partial charge < -0.3 is 24.1 Å². The first kappa shape index (κ1) is 38.0. The van der Waals surface area contributed by atoms with Crippen LogP contribution in [0.1, 0.15) is 132 Å². The molecule has 6 aliphatic rings. The number of carboxylic acids is 1. The molecule has 6 rings (SSSR count). The van der Waals surface area contributed by atoms with Crippen molar-refractivity contribution in [1.29, 1.82) is 0 Å². The maximum Gasteiger partial charge on any atom is 0.336 e. The summed E-state index contributed by atoms with van der Waals surface area (Å²) in [4.78, 5) is 62.1. The number of hydrogen-bond donors (Lipinski definition) is 1. The van der Waals surface area contributed by atoms with Crippen molar-refractivity contribution in [1.82, 2.24) is 0 Å². The van der Waals surface area contributed by atoms with Crippen LogP contribution in [0.5, 0.6) is 0 Å². The van der Waals surface area contributed by atoms with Crippen molar-refractivity contribution in [2.24, 2.45) is 51.2 Å². The van der Waals surface area contributed by atoms with E-state index in [0.29, 0.717) is 42.3 Å². The van der Waals surface area contributed by atoms with Gasteiger partial charge in [0.1, 0.15) is 5.78 Å². The molecule has 284 valence electrons. The molecule has 0 spiro atoms. The van der Waals surface area contributed by atoms with Gasteiger partial charge in [-0.3, -0.25) is 19.2 Å². The number of rotatable bonds is 7. The second kappa shape index (κ2) is 13.6. The van der Waals surface area contributed by atoms with Crippen molar-refractivity contribution < 1.29 is 48.0 Å². The normalized spacial score (nSPS) is 44.3. The SMILES string of the molecule is CC(=O)OC1C(CCC23CCC4C(=CCC5C4(C)CCC4C(C)C(=O)CCC45C)C2CC(C)(C)CC3)OC(C(=O)O)C(OC(C)=O)C1OC(C)=O. The number of Topliss-reactive ketones (excluding diaryl/α,β-unsaturated/α-hetero) is 1. The molecule has 4 saturated carbocycles. The van der Waals surface area contributed by atoms with Crippen molar-refractivity contribution in [2.75, 3.05) is 0 Å². The highest BCUT2D eigenvalue weighted by molar-refractivity contribution is 5.82. The average molecular weight is 713 g/mol. The number of ketones is 1. The molecular formula is C41H60O10. The second-order valence-corrected chi connectivity index (χ2v) is 18.5. The Morgan fingerprint density at radius 3 is 2.12 bits per heavy atom. The van der Waals surface area contributed by atoms with Gasteiger partial charge in [-0.25, -0.2) is 4.79 Å². The van der Waals surface area contributed by atoms with Crippen LogP contribution in [0.3, 0.4) is 0 Å². The molecule has 10 heteroatoms. The van der Waals surface area contributed by atoms with E-state index < -0.39 is 54.4 Å². The highest BCUT2D eigenvalue weighted by Gasteiger charge is 2.63. The second-order valence-electron chi connectivity index (χ2n) is 18.5. The summed E-state index contributed by atoms with van der Waals surface area (Å²) in [6.07, 6.45) is 7.60. The van der Waals surface area contributed by atoms with Crippen molar-refractivity contribution in [3.63, 3.8) is 0 Å². The summed E-state index contributed by atoms with van der Waals surface area (Å²) in [6.45, 7) is 15.5. The lowest BCUT2D eigenvalue weighted by Gasteiger charge is -2.66. The number of esters is 3. The molecule has 0 aromatic carbocycles. The van der Waals surface area contributed by atoms with Crippen LogP contribution < -0.4 is 0 Å². The molecule has 1 aliphatic heterocycles. The summed E-state index contributed by atoms with van der Waals surface area (Å²) in [5, 5.41) is 10.2. The van der Waals surface area contributed by atoms with Crippen molar-refractivity contribution in [2.45, 2.75) is 163 Å². The minimum atomic E-state index is -1.60. The third-order valence-electron chi connectivity index (χ3n) is 15.1. The first-order valence-electron chi connectivity index (χ1n) is 19.4.